The highest BCUT2D eigenvalue weighted by atomic mass is 32.2. The Morgan fingerprint density at radius 3 is 2.48 bits per heavy atom. The molecule has 0 aliphatic heterocycles. The lowest BCUT2D eigenvalue weighted by Crippen LogP contribution is -2.18. The number of aromatic amines is 1. The molecule has 29 heavy (non-hydrogen) atoms. The molecule has 3 N–H and O–H groups in total. The second-order valence-corrected chi connectivity index (χ2v) is 6.84. The first-order chi connectivity index (χ1) is 13.9. The number of para-hydroxylation sites is 1. The van der Waals surface area contributed by atoms with Crippen molar-refractivity contribution in [3.8, 4) is 11.3 Å². The molecule has 3 rings (SSSR count). The average Bonchev–Trinajstić information content (AvgIpc) is 2.68. The third-order valence-electron chi connectivity index (χ3n) is 3.64. The molecule has 8 nitrogen and oxygen atoms in total. The van der Waals surface area contributed by atoms with Crippen LogP contribution in [0.15, 0.2) is 58.5 Å². The molecule has 0 saturated carbocycles. The van der Waals surface area contributed by atoms with Crippen LogP contribution in [0.2, 0.25) is 0 Å². The lowest BCUT2D eigenvalue weighted by atomic mass is 10.1. The van der Waals surface area contributed by atoms with Crippen molar-refractivity contribution < 1.29 is 14.0 Å². The molecule has 0 atom stereocenters. The van der Waals surface area contributed by atoms with Gasteiger partial charge in [-0.1, -0.05) is 30.0 Å². The van der Waals surface area contributed by atoms with Crippen LogP contribution in [0.3, 0.4) is 0 Å². The van der Waals surface area contributed by atoms with E-state index in [-0.39, 0.29) is 28.4 Å². The summed E-state index contributed by atoms with van der Waals surface area (Å²) in [6.07, 6.45) is 0. The molecular weight excluding hydrogens is 397 g/mol. The molecule has 2 amide bonds. The summed E-state index contributed by atoms with van der Waals surface area (Å²) in [5.74, 6) is -1.04. The molecular formula is C19H16FN5O3S. The van der Waals surface area contributed by atoms with Crippen molar-refractivity contribution in [3.63, 3.8) is 0 Å². The van der Waals surface area contributed by atoms with E-state index in [1.54, 1.807) is 24.3 Å². The maximum absolute atomic E-state index is 12.9. The minimum Gasteiger partial charge on any atom is -0.326 e. The van der Waals surface area contributed by atoms with Gasteiger partial charge < -0.3 is 10.6 Å². The summed E-state index contributed by atoms with van der Waals surface area (Å²) in [6.45, 7) is 1.36. The molecule has 0 aliphatic rings. The number of thioether (sulfide) groups is 1. The third-order valence-corrected chi connectivity index (χ3v) is 4.50. The Balaban J connectivity index is 1.69. The predicted octanol–water partition coefficient (Wildman–Crippen LogP) is 2.66. The molecule has 10 heteroatoms. The van der Waals surface area contributed by atoms with Crippen LogP contribution >= 0.6 is 11.8 Å². The number of carbonyl (C=O) groups excluding carboxylic acids is 2. The van der Waals surface area contributed by atoms with Gasteiger partial charge in [-0.2, -0.15) is 0 Å². The van der Waals surface area contributed by atoms with Gasteiger partial charge in [0.2, 0.25) is 11.8 Å². The number of hydrogen-bond donors (Lipinski definition) is 3. The fraction of sp³-hybridized carbons (Fsp3) is 0.105. The SMILES string of the molecule is CC(=O)Nc1ccccc1-c1nnc(SCC(=O)Nc2ccc(F)cc2)[nH]c1=O. The third kappa shape index (κ3) is 5.48. The first kappa shape index (κ1) is 20.2. The van der Waals surface area contributed by atoms with Gasteiger partial charge in [-0.15, -0.1) is 10.2 Å². The van der Waals surface area contributed by atoms with E-state index in [1.807, 2.05) is 0 Å². The topological polar surface area (TPSA) is 117 Å². The number of rotatable bonds is 6. The van der Waals surface area contributed by atoms with Gasteiger partial charge in [0.05, 0.1) is 11.4 Å². The number of aromatic nitrogens is 3. The van der Waals surface area contributed by atoms with Gasteiger partial charge in [0.25, 0.3) is 5.56 Å². The summed E-state index contributed by atoms with van der Waals surface area (Å²) in [4.78, 5) is 38.3. The van der Waals surface area contributed by atoms with Crippen LogP contribution in [0.1, 0.15) is 6.92 Å². The van der Waals surface area contributed by atoms with E-state index in [1.165, 1.54) is 31.2 Å². The Morgan fingerprint density at radius 1 is 1.07 bits per heavy atom. The van der Waals surface area contributed by atoms with Crippen LogP contribution in [0.25, 0.3) is 11.3 Å². The minimum absolute atomic E-state index is 0.0240. The highest BCUT2D eigenvalue weighted by Crippen LogP contribution is 2.24. The van der Waals surface area contributed by atoms with Crippen molar-refractivity contribution in [2.75, 3.05) is 16.4 Å². The van der Waals surface area contributed by atoms with Gasteiger partial charge in [-0.05, 0) is 30.3 Å². The van der Waals surface area contributed by atoms with Gasteiger partial charge >= 0.3 is 0 Å². The fourth-order valence-electron chi connectivity index (χ4n) is 2.42. The van der Waals surface area contributed by atoms with Crippen molar-refractivity contribution in [2.24, 2.45) is 0 Å². The number of halogens is 1. The van der Waals surface area contributed by atoms with E-state index in [0.29, 0.717) is 16.9 Å². The van der Waals surface area contributed by atoms with Gasteiger partial charge in [0, 0.05) is 18.2 Å². The fourth-order valence-corrected chi connectivity index (χ4v) is 3.02. The molecule has 0 aliphatic carbocycles. The van der Waals surface area contributed by atoms with Crippen LogP contribution in [-0.4, -0.2) is 32.7 Å². The van der Waals surface area contributed by atoms with Crippen molar-refractivity contribution in [3.05, 3.63) is 64.7 Å². The largest absolute Gasteiger partial charge is 0.326 e. The van der Waals surface area contributed by atoms with E-state index < -0.39 is 11.4 Å². The van der Waals surface area contributed by atoms with Crippen molar-refractivity contribution in [1.82, 2.24) is 15.2 Å². The molecule has 1 heterocycles. The average molecular weight is 413 g/mol. The first-order valence-electron chi connectivity index (χ1n) is 8.44. The molecule has 0 spiro atoms. The normalized spacial score (nSPS) is 10.4. The quantitative estimate of drug-likeness (QED) is 0.535. The highest BCUT2D eigenvalue weighted by molar-refractivity contribution is 7.99. The molecule has 148 valence electrons. The molecule has 0 unspecified atom stereocenters. The first-order valence-corrected chi connectivity index (χ1v) is 9.43. The number of carbonyl (C=O) groups is 2. The van der Waals surface area contributed by atoms with E-state index in [2.05, 4.69) is 25.8 Å². The Labute approximate surface area is 169 Å². The zero-order valence-corrected chi connectivity index (χ0v) is 16.0. The number of nitrogens with zero attached hydrogens (tertiary/aromatic N) is 2. The summed E-state index contributed by atoms with van der Waals surface area (Å²) in [5, 5.41) is 13.3. The van der Waals surface area contributed by atoms with Crippen molar-refractivity contribution in [1.29, 1.82) is 0 Å². The minimum atomic E-state index is -0.501. The molecule has 0 radical (unpaired) electrons. The van der Waals surface area contributed by atoms with Crippen LogP contribution in [-0.2, 0) is 9.59 Å². The lowest BCUT2D eigenvalue weighted by molar-refractivity contribution is -0.114. The van der Waals surface area contributed by atoms with Gasteiger partial charge in [-0.3, -0.25) is 19.4 Å². The predicted molar refractivity (Wildman–Crippen MR) is 108 cm³/mol. The monoisotopic (exact) mass is 413 g/mol. The number of H-pyrrole nitrogens is 1. The Kier molecular flexibility index (Phi) is 6.35. The van der Waals surface area contributed by atoms with Gasteiger partial charge in [0.15, 0.2) is 10.9 Å². The molecule has 3 aromatic rings. The second-order valence-electron chi connectivity index (χ2n) is 5.88. The summed E-state index contributed by atoms with van der Waals surface area (Å²) in [6, 6.07) is 12.1. The number of benzene rings is 2. The van der Waals surface area contributed by atoms with Gasteiger partial charge in [0.1, 0.15) is 5.82 Å². The number of amides is 2. The molecule has 0 fully saturated rings. The summed E-state index contributed by atoms with van der Waals surface area (Å²) < 4.78 is 12.9. The van der Waals surface area contributed by atoms with Crippen molar-refractivity contribution in [2.45, 2.75) is 12.1 Å². The Morgan fingerprint density at radius 2 is 1.79 bits per heavy atom. The van der Waals surface area contributed by atoms with Crippen LogP contribution in [0, 0.1) is 5.82 Å². The summed E-state index contributed by atoms with van der Waals surface area (Å²) in [7, 11) is 0. The van der Waals surface area contributed by atoms with Crippen molar-refractivity contribution >= 4 is 35.0 Å². The maximum atomic E-state index is 12.9. The maximum Gasteiger partial charge on any atom is 0.278 e. The second kappa shape index (κ2) is 9.11. The zero-order valence-electron chi connectivity index (χ0n) is 15.2. The van der Waals surface area contributed by atoms with E-state index in [9.17, 15) is 18.8 Å². The lowest BCUT2D eigenvalue weighted by Gasteiger charge is -2.08. The standard InChI is InChI=1S/C19H16FN5O3S/c1-11(26)21-15-5-3-2-4-14(15)17-18(28)23-19(25-24-17)29-10-16(27)22-13-8-6-12(20)7-9-13/h2-9H,10H2,1H3,(H,21,26)(H,22,27)(H,23,25,28). The van der Waals surface area contributed by atoms with E-state index >= 15 is 0 Å². The molecule has 2 aromatic carbocycles. The summed E-state index contributed by atoms with van der Waals surface area (Å²) >= 11 is 0.999. The number of anilines is 2. The zero-order chi connectivity index (χ0) is 20.8. The molecule has 0 bridgehead atoms. The van der Waals surface area contributed by atoms with Crippen LogP contribution < -0.4 is 16.2 Å². The Hall–Kier alpha value is -3.53. The van der Waals surface area contributed by atoms with E-state index in [0.717, 1.165) is 11.8 Å². The smallest absolute Gasteiger partial charge is 0.278 e. The summed E-state index contributed by atoms with van der Waals surface area (Å²) in [5.41, 5.74) is 0.885. The molecule has 0 saturated heterocycles. The van der Waals surface area contributed by atoms with Crippen LogP contribution in [0.5, 0.6) is 0 Å². The Bertz CT molecular complexity index is 1100. The molecule has 1 aromatic heterocycles. The highest BCUT2D eigenvalue weighted by Gasteiger charge is 2.13. The van der Waals surface area contributed by atoms with Gasteiger partial charge in [-0.25, -0.2) is 4.39 Å². The van der Waals surface area contributed by atoms with E-state index in [4.69, 9.17) is 0 Å². The van der Waals surface area contributed by atoms with Crippen LogP contribution in [0.4, 0.5) is 15.8 Å². The number of hydrogen-bond acceptors (Lipinski definition) is 6. The number of nitrogens with one attached hydrogen (secondary N) is 3.